The van der Waals surface area contributed by atoms with Gasteiger partial charge in [0.2, 0.25) is 0 Å². The number of hydrogen-bond acceptors (Lipinski definition) is 8. The van der Waals surface area contributed by atoms with Crippen LogP contribution in [0.3, 0.4) is 0 Å². The summed E-state index contributed by atoms with van der Waals surface area (Å²) in [4.78, 5) is 34.4. The molecule has 0 spiro atoms. The Bertz CT molecular complexity index is 949. The lowest BCUT2D eigenvalue weighted by Gasteiger charge is -2.43. The van der Waals surface area contributed by atoms with E-state index in [0.717, 1.165) is 44.2 Å². The van der Waals surface area contributed by atoms with Crippen LogP contribution >= 0.6 is 0 Å². The monoisotopic (exact) mass is 600 g/mol. The molecule has 8 nitrogen and oxygen atoms in total. The first-order valence-corrected chi connectivity index (χ1v) is 16.7. The van der Waals surface area contributed by atoms with Gasteiger partial charge in [-0.05, 0) is 31.9 Å². The molecular weight excluding hydrogens is 544 g/mol. The van der Waals surface area contributed by atoms with E-state index in [9.17, 15) is 9.59 Å². The average molecular weight is 601 g/mol. The van der Waals surface area contributed by atoms with E-state index in [0.29, 0.717) is 12.8 Å². The van der Waals surface area contributed by atoms with Gasteiger partial charge in [0.25, 0.3) is 0 Å². The van der Waals surface area contributed by atoms with Crippen LogP contribution in [0.1, 0.15) is 124 Å². The van der Waals surface area contributed by atoms with Gasteiger partial charge < -0.3 is 18.9 Å². The van der Waals surface area contributed by atoms with Crippen LogP contribution in [0.25, 0.3) is 0 Å². The summed E-state index contributed by atoms with van der Waals surface area (Å²) in [6, 6.07) is 12.2. The number of ether oxygens (including phenoxy) is 4. The van der Waals surface area contributed by atoms with Crippen molar-refractivity contribution < 1.29 is 28.5 Å². The number of esters is 2. The van der Waals surface area contributed by atoms with Gasteiger partial charge in [-0.15, -0.1) is 0 Å². The number of carbonyl (C=O) groups excluding carboxylic acids is 2. The molecule has 43 heavy (non-hydrogen) atoms. The summed E-state index contributed by atoms with van der Waals surface area (Å²) in [7, 11) is 1.55. The van der Waals surface area contributed by atoms with Crippen molar-refractivity contribution in [2.24, 2.45) is 9.98 Å². The summed E-state index contributed by atoms with van der Waals surface area (Å²) < 4.78 is 24.0. The first-order chi connectivity index (χ1) is 21.0. The molecule has 1 fully saturated rings. The van der Waals surface area contributed by atoms with Crippen LogP contribution < -0.4 is 0 Å². The third kappa shape index (κ3) is 15.1. The number of hydrogen-bond donors (Lipinski definition) is 0. The molecule has 242 valence electrons. The molecule has 8 heteroatoms. The van der Waals surface area contributed by atoms with Crippen LogP contribution in [0.4, 0.5) is 5.69 Å². The molecule has 1 aromatic rings. The fourth-order valence-corrected chi connectivity index (χ4v) is 5.43. The fraction of sp³-hybridized carbons (Fsp3) is 0.743. The molecular formula is C35H56N2O6. The highest BCUT2D eigenvalue weighted by atomic mass is 16.6. The summed E-state index contributed by atoms with van der Waals surface area (Å²) in [5, 5.41) is 0. The van der Waals surface area contributed by atoms with E-state index in [1.54, 1.807) is 7.11 Å². The van der Waals surface area contributed by atoms with Crippen LogP contribution in [-0.2, 0) is 28.5 Å². The van der Waals surface area contributed by atoms with Gasteiger partial charge in [0, 0.05) is 20.0 Å². The van der Waals surface area contributed by atoms with Crippen LogP contribution in [0.15, 0.2) is 40.3 Å². The van der Waals surface area contributed by atoms with Crippen molar-refractivity contribution in [2.45, 2.75) is 154 Å². The van der Waals surface area contributed by atoms with Crippen molar-refractivity contribution in [2.75, 3.05) is 13.7 Å². The van der Waals surface area contributed by atoms with E-state index in [1.807, 2.05) is 37.3 Å². The van der Waals surface area contributed by atoms with Crippen molar-refractivity contribution in [3.63, 3.8) is 0 Å². The topological polar surface area (TPSA) is 95.8 Å². The lowest BCUT2D eigenvalue weighted by Crippen LogP contribution is -2.60. The van der Waals surface area contributed by atoms with Gasteiger partial charge in [0.15, 0.2) is 12.2 Å². The summed E-state index contributed by atoms with van der Waals surface area (Å²) in [6.45, 7) is 6.46. The average Bonchev–Trinajstić information content (AvgIpc) is 3.00. The Kier molecular flexibility index (Phi) is 19.5. The SMILES string of the molecule is CCCCCCCCCC(=O)O[C@@H]1[C@@H](OC(=O)CCCCCCCCC)[C@H](C)O[C@H](CN=C=Nc2ccccc2)[C@H]1OC. The summed E-state index contributed by atoms with van der Waals surface area (Å²) in [6.07, 6.45) is 13.0. The van der Waals surface area contributed by atoms with Crippen molar-refractivity contribution in [3.8, 4) is 0 Å². The maximum absolute atomic E-state index is 13.0. The summed E-state index contributed by atoms with van der Waals surface area (Å²) in [5.74, 6) is -0.612. The van der Waals surface area contributed by atoms with E-state index in [2.05, 4.69) is 29.8 Å². The van der Waals surface area contributed by atoms with E-state index in [1.165, 1.54) is 51.4 Å². The molecule has 0 radical (unpaired) electrons. The first-order valence-electron chi connectivity index (χ1n) is 16.7. The number of methoxy groups -OCH3 is 1. The number of benzene rings is 1. The molecule has 0 N–H and O–H groups in total. The highest BCUT2D eigenvalue weighted by Crippen LogP contribution is 2.29. The number of unbranched alkanes of at least 4 members (excludes halogenated alkanes) is 12. The molecule has 2 rings (SSSR count). The fourth-order valence-electron chi connectivity index (χ4n) is 5.43. The highest BCUT2D eigenvalue weighted by Gasteiger charge is 2.48. The lowest BCUT2D eigenvalue weighted by atomic mass is 9.94. The van der Waals surface area contributed by atoms with Crippen molar-refractivity contribution in [1.82, 2.24) is 0 Å². The van der Waals surface area contributed by atoms with E-state index < -0.39 is 30.5 Å². The second-order valence-corrected chi connectivity index (χ2v) is 11.6. The maximum Gasteiger partial charge on any atom is 0.306 e. The number of aliphatic imine (C=N–C) groups is 2. The van der Waals surface area contributed by atoms with Gasteiger partial charge in [-0.2, -0.15) is 4.99 Å². The van der Waals surface area contributed by atoms with Crippen molar-refractivity contribution in [1.29, 1.82) is 0 Å². The van der Waals surface area contributed by atoms with Crippen LogP contribution in [0, 0.1) is 0 Å². The van der Waals surface area contributed by atoms with Crippen molar-refractivity contribution >= 4 is 23.6 Å². The van der Waals surface area contributed by atoms with Gasteiger partial charge >= 0.3 is 11.9 Å². The zero-order valence-electron chi connectivity index (χ0n) is 27.1. The van der Waals surface area contributed by atoms with Gasteiger partial charge in [-0.3, -0.25) is 9.59 Å². The Balaban J connectivity index is 2.01. The molecule has 1 heterocycles. The van der Waals surface area contributed by atoms with Crippen molar-refractivity contribution in [3.05, 3.63) is 30.3 Å². The molecule has 0 aliphatic carbocycles. The van der Waals surface area contributed by atoms with Gasteiger partial charge in [0.1, 0.15) is 12.2 Å². The number of para-hydroxylation sites is 1. The van der Waals surface area contributed by atoms with Crippen LogP contribution in [0.2, 0.25) is 0 Å². The molecule has 0 amide bonds. The molecule has 0 saturated carbocycles. The molecule has 0 unspecified atom stereocenters. The normalized spacial score (nSPS) is 21.5. The maximum atomic E-state index is 13.0. The second kappa shape index (κ2) is 22.9. The third-order valence-corrected chi connectivity index (χ3v) is 7.92. The van der Waals surface area contributed by atoms with E-state index >= 15 is 0 Å². The first kappa shape index (κ1) is 36.7. The summed E-state index contributed by atoms with van der Waals surface area (Å²) >= 11 is 0. The lowest BCUT2D eigenvalue weighted by molar-refractivity contribution is -0.241. The smallest absolute Gasteiger partial charge is 0.306 e. The Labute approximate surface area is 260 Å². The Hall–Kier alpha value is -2.54. The standard InChI is InChI=1S/C35H56N2O6/c1-5-7-9-11-13-15-20-24-31(38)42-33-28(3)41-30(26-36-27-37-29-22-18-17-19-23-29)34(40-4)35(33)43-32(39)25-21-16-14-12-10-8-6-2/h17-19,22-23,28,30,33-35H,5-16,20-21,24-26H2,1-4H3/t28-,30+,33-,34+,35+/m0/s1. The minimum atomic E-state index is -0.796. The zero-order valence-corrected chi connectivity index (χ0v) is 27.1. The largest absolute Gasteiger partial charge is 0.456 e. The number of carbonyl (C=O) groups is 2. The van der Waals surface area contributed by atoms with Crippen LogP contribution in [-0.4, -0.2) is 62.1 Å². The highest BCUT2D eigenvalue weighted by molar-refractivity contribution is 5.70. The molecule has 0 bridgehead atoms. The molecule has 5 atom stereocenters. The minimum Gasteiger partial charge on any atom is -0.456 e. The van der Waals surface area contributed by atoms with Gasteiger partial charge in [-0.1, -0.05) is 109 Å². The molecule has 0 aromatic heterocycles. The predicted octanol–water partition coefficient (Wildman–Crippen LogP) is 8.40. The molecule has 1 saturated heterocycles. The Morgan fingerprint density at radius 3 is 1.79 bits per heavy atom. The van der Waals surface area contributed by atoms with Gasteiger partial charge in [0.05, 0.1) is 24.3 Å². The molecule has 1 aromatic carbocycles. The number of nitrogens with zero attached hydrogens (tertiary/aromatic N) is 2. The Morgan fingerprint density at radius 2 is 1.26 bits per heavy atom. The Morgan fingerprint density at radius 1 is 0.744 bits per heavy atom. The third-order valence-electron chi connectivity index (χ3n) is 7.92. The molecule has 1 aliphatic heterocycles. The van der Waals surface area contributed by atoms with E-state index in [4.69, 9.17) is 18.9 Å². The molecule has 1 aliphatic rings. The summed E-state index contributed by atoms with van der Waals surface area (Å²) in [5.41, 5.74) is 0.748. The second-order valence-electron chi connectivity index (χ2n) is 11.6. The predicted molar refractivity (Wildman–Crippen MR) is 171 cm³/mol. The van der Waals surface area contributed by atoms with Crippen LogP contribution in [0.5, 0.6) is 0 Å². The number of rotatable bonds is 22. The van der Waals surface area contributed by atoms with Gasteiger partial charge in [-0.25, -0.2) is 4.99 Å². The quantitative estimate of drug-likeness (QED) is 0.0753. The van der Waals surface area contributed by atoms with E-state index in [-0.39, 0.29) is 18.5 Å². The zero-order chi connectivity index (χ0) is 31.1. The minimum absolute atomic E-state index is 0.212.